The Labute approximate surface area is 156 Å². The number of ether oxygens (including phenoxy) is 1. The molecule has 1 saturated carbocycles. The van der Waals surface area contributed by atoms with Gasteiger partial charge in [-0.2, -0.15) is 0 Å². The molecule has 0 aromatic rings. The van der Waals surface area contributed by atoms with Gasteiger partial charge in [-0.3, -0.25) is 14.4 Å². The molecule has 26 heavy (non-hydrogen) atoms. The van der Waals surface area contributed by atoms with E-state index in [0.29, 0.717) is 19.0 Å². The number of carbonyl (C=O) groups excluding carboxylic acids is 3. The number of likely N-dealkylation sites (tertiary alicyclic amines) is 2. The lowest BCUT2D eigenvalue weighted by Crippen LogP contribution is -2.51. The number of esters is 1. The van der Waals surface area contributed by atoms with Gasteiger partial charge in [0.05, 0.1) is 18.9 Å². The minimum absolute atomic E-state index is 0.0375. The summed E-state index contributed by atoms with van der Waals surface area (Å²) in [5, 5.41) is 0. The summed E-state index contributed by atoms with van der Waals surface area (Å²) in [5.41, 5.74) is -0.381. The largest absolute Gasteiger partial charge is 0.469 e. The Kier molecular flexibility index (Phi) is 6.20. The second-order valence-electron chi connectivity index (χ2n) is 8.28. The van der Waals surface area contributed by atoms with E-state index in [9.17, 15) is 14.4 Å². The molecule has 2 aliphatic heterocycles. The summed E-state index contributed by atoms with van der Waals surface area (Å²) in [6.45, 7) is 2.92. The van der Waals surface area contributed by atoms with Crippen molar-refractivity contribution in [2.45, 2.75) is 64.2 Å². The molecule has 146 valence electrons. The SMILES string of the molecule is COC(=O)CCC(=O)N1CC[C@@]2(CCCN(CC3CCCCC3)C2=O)C1. The number of piperidine rings is 1. The summed E-state index contributed by atoms with van der Waals surface area (Å²) >= 11 is 0. The van der Waals surface area contributed by atoms with Crippen LogP contribution in [-0.2, 0) is 19.1 Å². The van der Waals surface area contributed by atoms with Crippen LogP contribution in [-0.4, -0.2) is 60.9 Å². The molecule has 0 radical (unpaired) electrons. The molecule has 3 fully saturated rings. The van der Waals surface area contributed by atoms with Gasteiger partial charge in [-0.05, 0) is 38.0 Å². The van der Waals surface area contributed by atoms with Gasteiger partial charge in [0.15, 0.2) is 0 Å². The molecule has 0 bridgehead atoms. The molecule has 6 nitrogen and oxygen atoms in total. The third-order valence-electron chi connectivity index (χ3n) is 6.50. The average molecular weight is 364 g/mol. The molecule has 0 N–H and O–H groups in total. The van der Waals surface area contributed by atoms with E-state index in [2.05, 4.69) is 9.64 Å². The summed E-state index contributed by atoms with van der Waals surface area (Å²) in [4.78, 5) is 40.7. The number of nitrogens with zero attached hydrogens (tertiary/aromatic N) is 2. The van der Waals surface area contributed by atoms with Crippen LogP contribution in [0.2, 0.25) is 0 Å². The van der Waals surface area contributed by atoms with Crippen LogP contribution < -0.4 is 0 Å². The van der Waals surface area contributed by atoms with Crippen molar-refractivity contribution in [3.63, 3.8) is 0 Å². The van der Waals surface area contributed by atoms with Gasteiger partial charge in [-0.1, -0.05) is 19.3 Å². The molecule has 2 amide bonds. The van der Waals surface area contributed by atoms with Crippen molar-refractivity contribution in [3.05, 3.63) is 0 Å². The fraction of sp³-hybridized carbons (Fsp3) is 0.850. The van der Waals surface area contributed by atoms with Crippen LogP contribution in [0.3, 0.4) is 0 Å². The van der Waals surface area contributed by atoms with Gasteiger partial charge in [0.25, 0.3) is 0 Å². The Balaban J connectivity index is 1.56. The van der Waals surface area contributed by atoms with Gasteiger partial charge >= 0.3 is 5.97 Å². The Morgan fingerprint density at radius 1 is 1.08 bits per heavy atom. The number of hydrogen-bond acceptors (Lipinski definition) is 4. The number of rotatable bonds is 5. The Morgan fingerprint density at radius 3 is 2.58 bits per heavy atom. The first-order chi connectivity index (χ1) is 12.5. The Bertz CT molecular complexity index is 544. The van der Waals surface area contributed by atoms with Gasteiger partial charge < -0.3 is 14.5 Å². The predicted molar refractivity (Wildman–Crippen MR) is 97.3 cm³/mol. The van der Waals surface area contributed by atoms with Gasteiger partial charge in [0.1, 0.15) is 0 Å². The number of hydrogen-bond donors (Lipinski definition) is 0. The zero-order chi connectivity index (χ0) is 18.6. The van der Waals surface area contributed by atoms with Crippen LogP contribution in [0.1, 0.15) is 64.2 Å². The van der Waals surface area contributed by atoms with Gasteiger partial charge in [-0.25, -0.2) is 0 Å². The molecule has 3 rings (SSSR count). The van der Waals surface area contributed by atoms with Crippen LogP contribution in [0.25, 0.3) is 0 Å². The van der Waals surface area contributed by atoms with E-state index in [1.54, 1.807) is 4.90 Å². The summed E-state index contributed by atoms with van der Waals surface area (Å²) in [5.74, 6) is 0.517. The van der Waals surface area contributed by atoms with E-state index in [0.717, 1.165) is 32.4 Å². The van der Waals surface area contributed by atoms with E-state index in [4.69, 9.17) is 0 Å². The molecule has 1 atom stereocenters. The standard InChI is InChI=1S/C20H32N2O4/c1-26-18(24)9-8-17(23)22-13-11-20(15-22)10-5-12-21(19(20)25)14-16-6-3-2-4-7-16/h16H,2-15H2,1H3/t20-/m0/s1. The summed E-state index contributed by atoms with van der Waals surface area (Å²) in [7, 11) is 1.33. The van der Waals surface area contributed by atoms with Crippen molar-refractivity contribution in [2.24, 2.45) is 11.3 Å². The first-order valence-electron chi connectivity index (χ1n) is 10.2. The minimum atomic E-state index is -0.381. The van der Waals surface area contributed by atoms with Gasteiger partial charge in [-0.15, -0.1) is 0 Å². The molecule has 2 heterocycles. The Hall–Kier alpha value is -1.59. The topological polar surface area (TPSA) is 66.9 Å². The molecule has 1 spiro atoms. The highest BCUT2D eigenvalue weighted by molar-refractivity contribution is 5.87. The predicted octanol–water partition coefficient (Wildman–Crippen LogP) is 2.36. The number of amides is 2. The van der Waals surface area contributed by atoms with Crippen LogP contribution >= 0.6 is 0 Å². The second kappa shape index (κ2) is 8.40. The second-order valence-corrected chi connectivity index (χ2v) is 8.28. The first kappa shape index (κ1) is 19.2. The quantitative estimate of drug-likeness (QED) is 0.703. The molecule has 0 aromatic carbocycles. The van der Waals surface area contributed by atoms with Crippen molar-refractivity contribution >= 4 is 17.8 Å². The highest BCUT2D eigenvalue weighted by atomic mass is 16.5. The van der Waals surface area contributed by atoms with Crippen molar-refractivity contribution in [1.82, 2.24) is 9.80 Å². The average Bonchev–Trinajstić information content (AvgIpc) is 3.09. The van der Waals surface area contributed by atoms with E-state index in [-0.39, 0.29) is 36.0 Å². The summed E-state index contributed by atoms with van der Waals surface area (Å²) in [6, 6.07) is 0. The minimum Gasteiger partial charge on any atom is -0.469 e. The van der Waals surface area contributed by atoms with E-state index < -0.39 is 0 Å². The highest BCUT2D eigenvalue weighted by Crippen LogP contribution is 2.41. The molecule has 6 heteroatoms. The maximum absolute atomic E-state index is 13.2. The van der Waals surface area contributed by atoms with Crippen LogP contribution in [0.15, 0.2) is 0 Å². The molecular formula is C20H32N2O4. The molecule has 1 aliphatic carbocycles. The van der Waals surface area contributed by atoms with E-state index >= 15 is 0 Å². The van der Waals surface area contributed by atoms with Crippen LogP contribution in [0, 0.1) is 11.3 Å². The third-order valence-corrected chi connectivity index (χ3v) is 6.50. The van der Waals surface area contributed by atoms with E-state index in [1.807, 2.05) is 0 Å². The normalized spacial score (nSPS) is 27.2. The lowest BCUT2D eigenvalue weighted by atomic mass is 9.77. The van der Waals surface area contributed by atoms with Crippen molar-refractivity contribution in [2.75, 3.05) is 33.3 Å². The maximum atomic E-state index is 13.2. The molecular weight excluding hydrogens is 332 g/mol. The third kappa shape index (κ3) is 4.21. The van der Waals surface area contributed by atoms with Crippen molar-refractivity contribution in [1.29, 1.82) is 0 Å². The zero-order valence-electron chi connectivity index (χ0n) is 16.0. The monoisotopic (exact) mass is 364 g/mol. The lowest BCUT2D eigenvalue weighted by Gasteiger charge is -2.41. The summed E-state index contributed by atoms with van der Waals surface area (Å²) in [6.07, 6.45) is 9.36. The molecule has 0 unspecified atom stereocenters. The van der Waals surface area contributed by atoms with Crippen LogP contribution in [0.5, 0.6) is 0 Å². The maximum Gasteiger partial charge on any atom is 0.306 e. The first-order valence-corrected chi connectivity index (χ1v) is 10.2. The Morgan fingerprint density at radius 2 is 1.85 bits per heavy atom. The number of carbonyl (C=O) groups is 3. The zero-order valence-corrected chi connectivity index (χ0v) is 16.0. The number of methoxy groups -OCH3 is 1. The smallest absolute Gasteiger partial charge is 0.306 e. The van der Waals surface area contributed by atoms with Gasteiger partial charge in [0, 0.05) is 32.6 Å². The van der Waals surface area contributed by atoms with Gasteiger partial charge in [0.2, 0.25) is 11.8 Å². The lowest BCUT2D eigenvalue weighted by molar-refractivity contribution is -0.148. The fourth-order valence-corrected chi connectivity index (χ4v) is 4.94. The summed E-state index contributed by atoms with van der Waals surface area (Å²) < 4.78 is 4.61. The van der Waals surface area contributed by atoms with Crippen molar-refractivity contribution in [3.8, 4) is 0 Å². The van der Waals surface area contributed by atoms with Crippen LogP contribution in [0.4, 0.5) is 0 Å². The van der Waals surface area contributed by atoms with Crippen molar-refractivity contribution < 1.29 is 19.1 Å². The molecule has 0 aromatic heterocycles. The molecule has 2 saturated heterocycles. The highest BCUT2D eigenvalue weighted by Gasteiger charge is 2.49. The molecule has 3 aliphatic rings. The fourth-order valence-electron chi connectivity index (χ4n) is 4.94. The van der Waals surface area contributed by atoms with E-state index in [1.165, 1.54) is 39.2 Å².